The van der Waals surface area contributed by atoms with Gasteiger partial charge in [0.05, 0.1) is 23.0 Å². The number of carbonyl (C=O) groups is 2. The molecule has 1 N–H and O–H groups in total. The zero-order chi connectivity index (χ0) is 24.1. The molecule has 3 aromatic rings. The van der Waals surface area contributed by atoms with E-state index in [-0.39, 0.29) is 29.8 Å². The van der Waals surface area contributed by atoms with Gasteiger partial charge in [0.1, 0.15) is 5.82 Å². The molecule has 3 atom stereocenters. The fourth-order valence-electron chi connectivity index (χ4n) is 5.64. The van der Waals surface area contributed by atoms with E-state index in [1.807, 2.05) is 30.7 Å². The average Bonchev–Trinajstić information content (AvgIpc) is 3.22. The predicted molar refractivity (Wildman–Crippen MR) is 127 cm³/mol. The van der Waals surface area contributed by atoms with Gasteiger partial charge in [-0.05, 0) is 74.8 Å². The van der Waals surface area contributed by atoms with Crippen LogP contribution >= 0.6 is 0 Å². The van der Waals surface area contributed by atoms with E-state index in [1.54, 1.807) is 35.3 Å². The highest BCUT2D eigenvalue weighted by atomic mass is 19.1. The molecule has 3 fully saturated rings. The number of carboxylic acid groups (broad SMARTS) is 1. The Bertz CT molecular complexity index is 1270. The molecule has 8 heteroatoms. The van der Waals surface area contributed by atoms with Crippen molar-refractivity contribution >= 4 is 22.9 Å². The summed E-state index contributed by atoms with van der Waals surface area (Å²) in [6.45, 7) is 4.38. The van der Waals surface area contributed by atoms with Crippen molar-refractivity contribution < 1.29 is 19.1 Å². The third kappa shape index (κ3) is 3.61. The van der Waals surface area contributed by atoms with Crippen LogP contribution in [0.4, 0.5) is 9.18 Å². The number of piperidine rings is 2. The van der Waals surface area contributed by atoms with Gasteiger partial charge < -0.3 is 19.5 Å². The van der Waals surface area contributed by atoms with Gasteiger partial charge in [-0.1, -0.05) is 0 Å². The maximum Gasteiger partial charge on any atom is 0.407 e. The van der Waals surface area contributed by atoms with Crippen molar-refractivity contribution in [2.45, 2.75) is 51.1 Å². The molecule has 2 saturated heterocycles. The Kier molecular flexibility index (Phi) is 5.54. The lowest BCUT2D eigenvalue weighted by atomic mass is 9.69. The van der Waals surface area contributed by atoms with Crippen molar-refractivity contribution in [3.05, 3.63) is 59.8 Å². The first-order chi connectivity index (χ1) is 16.3. The fraction of sp³-hybridized carbons (Fsp3) is 0.423. The zero-order valence-corrected chi connectivity index (χ0v) is 19.6. The highest BCUT2D eigenvalue weighted by molar-refractivity contribution is 5.99. The Morgan fingerprint density at radius 3 is 2.71 bits per heavy atom. The first-order valence-electron chi connectivity index (χ1n) is 11.8. The lowest BCUT2D eigenvalue weighted by molar-refractivity contribution is 0.0358. The summed E-state index contributed by atoms with van der Waals surface area (Å²) < 4.78 is 16.2. The molecule has 1 unspecified atom stereocenters. The number of nitrogens with zero attached hydrogens (tertiary/aromatic N) is 4. The van der Waals surface area contributed by atoms with Crippen molar-refractivity contribution in [2.75, 3.05) is 13.6 Å². The fourth-order valence-corrected chi connectivity index (χ4v) is 5.64. The molecule has 0 radical (unpaired) electrons. The molecule has 1 aliphatic carbocycles. The number of aromatic nitrogens is 2. The number of benzene rings is 1. The number of pyridine rings is 1. The van der Waals surface area contributed by atoms with Crippen LogP contribution in [0, 0.1) is 11.7 Å². The van der Waals surface area contributed by atoms with Crippen LogP contribution in [-0.4, -0.2) is 62.1 Å². The number of carbonyl (C=O) groups excluding carboxylic acids is 1. The Labute approximate surface area is 197 Å². The van der Waals surface area contributed by atoms with Gasteiger partial charge in [-0.3, -0.25) is 9.78 Å². The molecular formula is C26H29FN4O3. The van der Waals surface area contributed by atoms with E-state index in [1.165, 1.54) is 12.1 Å². The zero-order valence-electron chi connectivity index (χ0n) is 19.6. The van der Waals surface area contributed by atoms with Crippen LogP contribution in [0.3, 0.4) is 0 Å². The van der Waals surface area contributed by atoms with E-state index < -0.39 is 11.9 Å². The number of hydrogen-bond donors (Lipinski definition) is 1. The van der Waals surface area contributed by atoms with E-state index >= 15 is 0 Å². The van der Waals surface area contributed by atoms with Crippen LogP contribution < -0.4 is 0 Å². The summed E-state index contributed by atoms with van der Waals surface area (Å²) in [5, 5.41) is 10.6. The lowest BCUT2D eigenvalue weighted by Crippen LogP contribution is -2.53. The Balaban J connectivity index is 1.62. The molecule has 2 aliphatic heterocycles. The van der Waals surface area contributed by atoms with Gasteiger partial charge >= 0.3 is 6.09 Å². The molecule has 3 aliphatic rings. The number of hydrogen-bond acceptors (Lipinski definition) is 3. The van der Waals surface area contributed by atoms with E-state index in [9.17, 15) is 19.1 Å². The number of amides is 2. The van der Waals surface area contributed by atoms with Crippen LogP contribution in [-0.2, 0) is 0 Å². The minimum Gasteiger partial charge on any atom is -0.465 e. The van der Waals surface area contributed by atoms with Gasteiger partial charge in [-0.15, -0.1) is 0 Å². The smallest absolute Gasteiger partial charge is 0.407 e. The van der Waals surface area contributed by atoms with Gasteiger partial charge in [0.25, 0.3) is 5.91 Å². The van der Waals surface area contributed by atoms with Crippen molar-refractivity contribution in [2.24, 2.45) is 5.92 Å². The predicted octanol–water partition coefficient (Wildman–Crippen LogP) is 4.89. The standard InChI is InChI=1S/C26H29FN4O3/c1-15(2)29(3)25(32)21-10-17(27)5-7-23(21)31-14-22(19-8-9-28-12-24(19)31)20-11-18-6-4-16(20)13-30(18)26(33)34/h5,7-10,12,14-16,18,20H,4,6,11,13H2,1-3H3,(H,33,34)/t16-,18-,20?/m0/s1. The van der Waals surface area contributed by atoms with E-state index in [0.717, 1.165) is 35.7 Å². The Morgan fingerprint density at radius 1 is 1.24 bits per heavy atom. The molecular weight excluding hydrogens is 435 g/mol. The topological polar surface area (TPSA) is 78.7 Å². The normalized spacial score (nSPS) is 21.9. The summed E-state index contributed by atoms with van der Waals surface area (Å²) in [7, 11) is 1.72. The minimum absolute atomic E-state index is 0.0235. The summed E-state index contributed by atoms with van der Waals surface area (Å²) in [6.07, 6.45) is 7.40. The number of halogens is 1. The Hall–Kier alpha value is -3.42. The van der Waals surface area contributed by atoms with Crippen LogP contribution in [0.5, 0.6) is 0 Å². The molecule has 1 aromatic carbocycles. The van der Waals surface area contributed by atoms with Crippen LogP contribution in [0.15, 0.2) is 42.9 Å². The molecule has 2 aromatic heterocycles. The first-order valence-corrected chi connectivity index (χ1v) is 11.8. The molecule has 2 bridgehead atoms. The van der Waals surface area contributed by atoms with Crippen LogP contribution in [0.1, 0.15) is 54.9 Å². The SMILES string of the molecule is CC(C)N(C)C(=O)c1cc(F)ccc1-n1cc(C2C[C@@H]3CC[C@H]2CN3C(=O)O)c2ccncc21. The van der Waals surface area contributed by atoms with E-state index in [4.69, 9.17) is 0 Å². The van der Waals surface area contributed by atoms with Gasteiger partial charge in [0, 0.05) is 43.5 Å². The largest absolute Gasteiger partial charge is 0.465 e. The number of fused-ring (bicyclic) bond motifs is 4. The first kappa shape index (κ1) is 22.4. The van der Waals surface area contributed by atoms with Crippen molar-refractivity contribution in [1.82, 2.24) is 19.4 Å². The second-order valence-electron chi connectivity index (χ2n) is 9.79. The maximum atomic E-state index is 14.3. The average molecular weight is 465 g/mol. The quantitative estimate of drug-likeness (QED) is 0.596. The van der Waals surface area contributed by atoms with Crippen LogP contribution in [0.2, 0.25) is 0 Å². The van der Waals surface area contributed by atoms with E-state index in [0.29, 0.717) is 17.8 Å². The third-order valence-electron chi connectivity index (χ3n) is 7.67. The molecule has 0 spiro atoms. The van der Waals surface area contributed by atoms with Crippen molar-refractivity contribution in [3.8, 4) is 5.69 Å². The molecule has 1 saturated carbocycles. The summed E-state index contributed by atoms with van der Waals surface area (Å²) in [6, 6.07) is 6.28. The molecule has 2 amide bonds. The van der Waals surface area contributed by atoms with Crippen molar-refractivity contribution in [1.29, 1.82) is 0 Å². The summed E-state index contributed by atoms with van der Waals surface area (Å²) in [5.41, 5.74) is 2.89. The van der Waals surface area contributed by atoms with Gasteiger partial charge in [0.2, 0.25) is 0 Å². The van der Waals surface area contributed by atoms with E-state index in [2.05, 4.69) is 4.98 Å². The second-order valence-corrected chi connectivity index (χ2v) is 9.79. The van der Waals surface area contributed by atoms with Gasteiger partial charge in [-0.25, -0.2) is 9.18 Å². The van der Waals surface area contributed by atoms with Crippen LogP contribution in [0.25, 0.3) is 16.6 Å². The maximum absolute atomic E-state index is 14.3. The molecule has 7 nitrogen and oxygen atoms in total. The highest BCUT2D eigenvalue weighted by Gasteiger charge is 2.43. The number of rotatable bonds is 4. The third-order valence-corrected chi connectivity index (χ3v) is 7.67. The molecule has 178 valence electrons. The molecule has 6 rings (SSSR count). The van der Waals surface area contributed by atoms with Gasteiger partial charge in [-0.2, -0.15) is 0 Å². The van der Waals surface area contributed by atoms with Gasteiger partial charge in [0.15, 0.2) is 0 Å². The highest BCUT2D eigenvalue weighted by Crippen LogP contribution is 2.47. The summed E-state index contributed by atoms with van der Waals surface area (Å²) in [4.78, 5) is 32.4. The van der Waals surface area contributed by atoms with Crippen molar-refractivity contribution in [3.63, 3.8) is 0 Å². The monoisotopic (exact) mass is 464 g/mol. The molecule has 34 heavy (non-hydrogen) atoms. The molecule has 4 heterocycles. The second kappa shape index (κ2) is 8.42. The summed E-state index contributed by atoms with van der Waals surface area (Å²) >= 11 is 0. The minimum atomic E-state index is -0.844. The lowest BCUT2D eigenvalue weighted by Gasteiger charge is -2.48. The Morgan fingerprint density at radius 2 is 2.03 bits per heavy atom. The summed E-state index contributed by atoms with van der Waals surface area (Å²) in [5.74, 6) is -0.240.